The molecule has 0 atom stereocenters. The van der Waals surface area contributed by atoms with Gasteiger partial charge in [-0.05, 0) is 6.07 Å². The first-order chi connectivity index (χ1) is 5.65. The third kappa shape index (κ3) is 1.66. The van der Waals surface area contributed by atoms with Gasteiger partial charge in [0.05, 0.1) is 18.9 Å². The van der Waals surface area contributed by atoms with Crippen LogP contribution in [0.5, 0.6) is 5.88 Å². The van der Waals surface area contributed by atoms with Gasteiger partial charge in [0, 0.05) is 0 Å². The highest BCUT2D eigenvalue weighted by atomic mass is 19.3. The Hall–Kier alpha value is -1.26. The van der Waals surface area contributed by atoms with Crippen molar-refractivity contribution >= 4 is 0 Å². The van der Waals surface area contributed by atoms with E-state index in [2.05, 4.69) is 9.72 Å². The van der Waals surface area contributed by atoms with E-state index in [1.165, 1.54) is 7.11 Å². The van der Waals surface area contributed by atoms with Crippen molar-refractivity contribution in [1.82, 2.24) is 4.98 Å². The number of hydrogen-bond donors (Lipinski definition) is 0. The third-order valence-corrected chi connectivity index (χ3v) is 1.27. The topological polar surface area (TPSA) is 22.1 Å². The molecule has 0 saturated heterocycles. The summed E-state index contributed by atoms with van der Waals surface area (Å²) in [6.07, 6.45) is -1.95. The van der Waals surface area contributed by atoms with Gasteiger partial charge in [-0.3, -0.25) is 0 Å². The highest BCUT2D eigenvalue weighted by molar-refractivity contribution is 5.26. The standard InChI is InChI=1S/C7H6F3NO/c1-12-7-5(6(9)10)2-4(8)3-11-7/h2-3,6H,1H3. The summed E-state index contributed by atoms with van der Waals surface area (Å²) in [5.74, 6) is -1.04. The monoisotopic (exact) mass is 177 g/mol. The number of hydrogen-bond acceptors (Lipinski definition) is 2. The van der Waals surface area contributed by atoms with Crippen LogP contribution in [-0.2, 0) is 0 Å². The molecule has 0 fully saturated rings. The van der Waals surface area contributed by atoms with Crippen LogP contribution in [0.1, 0.15) is 12.0 Å². The predicted molar refractivity (Wildman–Crippen MR) is 35.7 cm³/mol. The fraction of sp³-hybridized carbons (Fsp3) is 0.286. The molecule has 0 radical (unpaired) electrons. The van der Waals surface area contributed by atoms with E-state index in [4.69, 9.17) is 0 Å². The molecule has 2 nitrogen and oxygen atoms in total. The van der Waals surface area contributed by atoms with Crippen molar-refractivity contribution in [1.29, 1.82) is 0 Å². The molecule has 0 unspecified atom stereocenters. The Morgan fingerprint density at radius 1 is 1.50 bits per heavy atom. The highest BCUT2D eigenvalue weighted by Crippen LogP contribution is 2.26. The van der Waals surface area contributed by atoms with E-state index in [-0.39, 0.29) is 5.88 Å². The van der Waals surface area contributed by atoms with E-state index >= 15 is 0 Å². The van der Waals surface area contributed by atoms with Crippen molar-refractivity contribution in [2.24, 2.45) is 0 Å². The quantitative estimate of drug-likeness (QED) is 0.690. The lowest BCUT2D eigenvalue weighted by molar-refractivity contribution is 0.145. The molecule has 0 spiro atoms. The Balaban J connectivity index is 3.12. The fourth-order valence-electron chi connectivity index (χ4n) is 0.769. The number of nitrogens with zero attached hydrogens (tertiary/aromatic N) is 1. The van der Waals surface area contributed by atoms with Crippen molar-refractivity contribution in [3.8, 4) is 5.88 Å². The first-order valence-electron chi connectivity index (χ1n) is 3.12. The number of ether oxygens (including phenoxy) is 1. The first kappa shape index (κ1) is 8.83. The van der Waals surface area contributed by atoms with Crippen molar-refractivity contribution in [2.45, 2.75) is 6.43 Å². The molecule has 1 aromatic heterocycles. The molecule has 0 aliphatic heterocycles. The van der Waals surface area contributed by atoms with Crippen LogP contribution in [0.2, 0.25) is 0 Å². The number of pyridine rings is 1. The molecule has 0 saturated carbocycles. The molecule has 0 aliphatic carbocycles. The van der Waals surface area contributed by atoms with Gasteiger partial charge in [0.1, 0.15) is 5.82 Å². The van der Waals surface area contributed by atoms with Crippen LogP contribution in [0.15, 0.2) is 12.3 Å². The molecule has 5 heteroatoms. The van der Waals surface area contributed by atoms with E-state index in [9.17, 15) is 13.2 Å². The SMILES string of the molecule is COc1ncc(F)cc1C(F)F. The maximum absolute atomic E-state index is 12.4. The molecule has 1 rings (SSSR count). The Kier molecular flexibility index (Phi) is 2.52. The lowest BCUT2D eigenvalue weighted by atomic mass is 10.3. The zero-order chi connectivity index (χ0) is 9.14. The van der Waals surface area contributed by atoms with Gasteiger partial charge in [0.2, 0.25) is 5.88 Å². The summed E-state index contributed by atoms with van der Waals surface area (Å²) < 4.78 is 41.1. The predicted octanol–water partition coefficient (Wildman–Crippen LogP) is 2.17. The van der Waals surface area contributed by atoms with E-state index in [1.54, 1.807) is 0 Å². The average Bonchev–Trinajstić information content (AvgIpc) is 2.04. The Morgan fingerprint density at radius 3 is 2.67 bits per heavy atom. The van der Waals surface area contributed by atoms with Crippen molar-refractivity contribution in [3.63, 3.8) is 0 Å². The minimum atomic E-state index is -2.77. The van der Waals surface area contributed by atoms with Crippen LogP contribution >= 0.6 is 0 Å². The van der Waals surface area contributed by atoms with E-state index in [0.29, 0.717) is 6.07 Å². The summed E-state index contributed by atoms with van der Waals surface area (Å²) in [6.45, 7) is 0. The van der Waals surface area contributed by atoms with Crippen LogP contribution < -0.4 is 4.74 Å². The number of rotatable bonds is 2. The zero-order valence-electron chi connectivity index (χ0n) is 6.22. The second-order valence-corrected chi connectivity index (χ2v) is 2.05. The lowest BCUT2D eigenvalue weighted by Gasteiger charge is -2.04. The van der Waals surface area contributed by atoms with Crippen molar-refractivity contribution in [2.75, 3.05) is 7.11 Å². The van der Waals surface area contributed by atoms with Gasteiger partial charge in [-0.2, -0.15) is 0 Å². The van der Waals surface area contributed by atoms with Crippen LogP contribution in [0, 0.1) is 5.82 Å². The van der Waals surface area contributed by atoms with Gasteiger partial charge >= 0.3 is 0 Å². The average molecular weight is 177 g/mol. The summed E-state index contributed by atoms with van der Waals surface area (Å²) in [5, 5.41) is 0. The summed E-state index contributed by atoms with van der Waals surface area (Å²) in [7, 11) is 1.20. The Labute approximate surface area is 67.0 Å². The molecule has 1 heterocycles. The lowest BCUT2D eigenvalue weighted by Crippen LogP contribution is -1.96. The third-order valence-electron chi connectivity index (χ3n) is 1.27. The van der Waals surface area contributed by atoms with E-state index in [0.717, 1.165) is 6.20 Å². The van der Waals surface area contributed by atoms with Crippen molar-refractivity contribution in [3.05, 3.63) is 23.6 Å². The molecule has 1 aromatic rings. The minimum absolute atomic E-state index is 0.244. The number of methoxy groups -OCH3 is 1. The molecule has 12 heavy (non-hydrogen) atoms. The number of halogens is 3. The van der Waals surface area contributed by atoms with Crippen LogP contribution in [0.25, 0.3) is 0 Å². The van der Waals surface area contributed by atoms with Crippen molar-refractivity contribution < 1.29 is 17.9 Å². The summed E-state index contributed by atoms with van der Waals surface area (Å²) in [6, 6.07) is 0.705. The molecule has 0 aliphatic rings. The summed E-state index contributed by atoms with van der Waals surface area (Å²) in [4.78, 5) is 3.34. The molecular weight excluding hydrogens is 171 g/mol. The van der Waals surface area contributed by atoms with Crippen LogP contribution in [-0.4, -0.2) is 12.1 Å². The summed E-state index contributed by atoms with van der Waals surface area (Å²) >= 11 is 0. The van der Waals surface area contributed by atoms with E-state index in [1.807, 2.05) is 0 Å². The maximum Gasteiger partial charge on any atom is 0.269 e. The normalized spacial score (nSPS) is 10.4. The minimum Gasteiger partial charge on any atom is -0.481 e. The van der Waals surface area contributed by atoms with Crippen LogP contribution in [0.3, 0.4) is 0 Å². The number of aromatic nitrogens is 1. The zero-order valence-corrected chi connectivity index (χ0v) is 6.22. The Morgan fingerprint density at radius 2 is 2.17 bits per heavy atom. The largest absolute Gasteiger partial charge is 0.481 e. The van der Waals surface area contributed by atoms with E-state index < -0.39 is 17.8 Å². The molecule has 0 bridgehead atoms. The molecule has 0 N–H and O–H groups in total. The van der Waals surface area contributed by atoms with Crippen LogP contribution in [0.4, 0.5) is 13.2 Å². The smallest absolute Gasteiger partial charge is 0.269 e. The van der Waals surface area contributed by atoms with Gasteiger partial charge < -0.3 is 4.74 Å². The first-order valence-corrected chi connectivity index (χ1v) is 3.12. The second-order valence-electron chi connectivity index (χ2n) is 2.05. The van der Waals surface area contributed by atoms with Gasteiger partial charge in [-0.1, -0.05) is 0 Å². The molecule has 0 amide bonds. The van der Waals surface area contributed by atoms with Gasteiger partial charge in [0.15, 0.2) is 0 Å². The molecular formula is C7H6F3NO. The molecule has 0 aromatic carbocycles. The Bertz CT molecular complexity index is 277. The van der Waals surface area contributed by atoms with Gasteiger partial charge in [-0.25, -0.2) is 18.2 Å². The van der Waals surface area contributed by atoms with Gasteiger partial charge in [0.25, 0.3) is 6.43 Å². The maximum atomic E-state index is 12.4. The second kappa shape index (κ2) is 3.42. The number of alkyl halides is 2. The molecule has 66 valence electrons. The fourth-order valence-corrected chi connectivity index (χ4v) is 0.769. The summed E-state index contributed by atoms with van der Waals surface area (Å²) in [5.41, 5.74) is -0.530. The van der Waals surface area contributed by atoms with Gasteiger partial charge in [-0.15, -0.1) is 0 Å². The highest BCUT2D eigenvalue weighted by Gasteiger charge is 2.15.